The van der Waals surface area contributed by atoms with Gasteiger partial charge >= 0.3 is 0 Å². The molecule has 8 heteroatoms. The molecule has 0 saturated carbocycles. The predicted molar refractivity (Wildman–Crippen MR) is 106 cm³/mol. The SMILES string of the molecule is COC1CCN(S(=O)(=O)c2ccc(CCN3C(=O)c4ccccc4C3=O)cc2)C1. The number of imide groups is 1. The Morgan fingerprint density at radius 3 is 2.17 bits per heavy atom. The van der Waals surface area contributed by atoms with Crippen molar-refractivity contribution in [3.63, 3.8) is 0 Å². The first kappa shape index (κ1) is 19.8. The number of amides is 2. The third-order valence-electron chi connectivity index (χ3n) is 5.50. The largest absolute Gasteiger partial charge is 0.380 e. The van der Waals surface area contributed by atoms with Crippen LogP contribution in [0.2, 0.25) is 0 Å². The minimum Gasteiger partial charge on any atom is -0.380 e. The fourth-order valence-corrected chi connectivity index (χ4v) is 5.26. The molecule has 29 heavy (non-hydrogen) atoms. The number of carbonyl (C=O) groups excluding carboxylic acids is 2. The van der Waals surface area contributed by atoms with Crippen molar-refractivity contribution in [2.75, 3.05) is 26.7 Å². The number of carbonyl (C=O) groups is 2. The second kappa shape index (κ2) is 7.70. The van der Waals surface area contributed by atoms with Gasteiger partial charge in [-0.25, -0.2) is 8.42 Å². The van der Waals surface area contributed by atoms with Gasteiger partial charge in [0.2, 0.25) is 10.0 Å². The van der Waals surface area contributed by atoms with Crippen LogP contribution < -0.4 is 0 Å². The van der Waals surface area contributed by atoms with Crippen LogP contribution in [0.25, 0.3) is 0 Å². The summed E-state index contributed by atoms with van der Waals surface area (Å²) in [5, 5.41) is 0. The number of nitrogens with zero attached hydrogens (tertiary/aromatic N) is 2. The monoisotopic (exact) mass is 414 g/mol. The maximum absolute atomic E-state index is 12.8. The highest BCUT2D eigenvalue weighted by atomic mass is 32.2. The molecule has 1 fully saturated rings. The van der Waals surface area contributed by atoms with Crippen molar-refractivity contribution in [1.82, 2.24) is 9.21 Å². The molecule has 2 aromatic carbocycles. The van der Waals surface area contributed by atoms with Crippen molar-refractivity contribution in [2.45, 2.75) is 23.8 Å². The van der Waals surface area contributed by atoms with Crippen molar-refractivity contribution in [1.29, 1.82) is 0 Å². The first-order valence-electron chi connectivity index (χ1n) is 9.49. The summed E-state index contributed by atoms with van der Waals surface area (Å²) in [7, 11) is -1.96. The van der Waals surface area contributed by atoms with Gasteiger partial charge < -0.3 is 4.74 Å². The lowest BCUT2D eigenvalue weighted by Gasteiger charge is -2.17. The highest BCUT2D eigenvalue weighted by Crippen LogP contribution is 2.24. The summed E-state index contributed by atoms with van der Waals surface area (Å²) in [6.07, 6.45) is 1.08. The standard InChI is InChI=1S/C21H22N2O5S/c1-28-16-11-12-22(14-16)29(26,27)17-8-6-15(7-9-17)10-13-23-20(24)18-4-2-3-5-19(18)21(23)25/h2-9,16H,10-14H2,1H3. The molecular formula is C21H22N2O5S. The summed E-state index contributed by atoms with van der Waals surface area (Å²) in [4.78, 5) is 26.3. The number of hydrogen-bond donors (Lipinski definition) is 0. The summed E-state index contributed by atoms with van der Waals surface area (Å²) in [6.45, 7) is 1.06. The summed E-state index contributed by atoms with van der Waals surface area (Å²) < 4.78 is 32.2. The van der Waals surface area contributed by atoms with Gasteiger partial charge in [0.25, 0.3) is 11.8 Å². The van der Waals surface area contributed by atoms with Crippen LogP contribution in [0.3, 0.4) is 0 Å². The van der Waals surface area contributed by atoms with Gasteiger partial charge in [0, 0.05) is 26.7 Å². The summed E-state index contributed by atoms with van der Waals surface area (Å²) in [5.74, 6) is -0.571. The van der Waals surface area contributed by atoms with Crippen LogP contribution in [0, 0.1) is 0 Å². The van der Waals surface area contributed by atoms with E-state index in [9.17, 15) is 18.0 Å². The lowest BCUT2D eigenvalue weighted by atomic mass is 10.1. The van der Waals surface area contributed by atoms with Crippen molar-refractivity contribution in [3.05, 3.63) is 65.2 Å². The fraction of sp³-hybridized carbons (Fsp3) is 0.333. The molecule has 2 aromatic rings. The van der Waals surface area contributed by atoms with Crippen LogP contribution in [0.4, 0.5) is 0 Å². The molecule has 2 aliphatic rings. The van der Waals surface area contributed by atoms with Crippen molar-refractivity contribution >= 4 is 21.8 Å². The number of hydrogen-bond acceptors (Lipinski definition) is 5. The number of fused-ring (bicyclic) bond motifs is 1. The molecule has 0 spiro atoms. The Morgan fingerprint density at radius 1 is 1.00 bits per heavy atom. The molecule has 1 atom stereocenters. The number of methoxy groups -OCH3 is 1. The van der Waals surface area contributed by atoms with Gasteiger partial charge in [-0.15, -0.1) is 0 Å². The molecule has 0 radical (unpaired) electrons. The topological polar surface area (TPSA) is 84.0 Å². The zero-order chi connectivity index (χ0) is 20.6. The zero-order valence-electron chi connectivity index (χ0n) is 16.1. The lowest BCUT2D eigenvalue weighted by molar-refractivity contribution is 0.0656. The third-order valence-corrected chi connectivity index (χ3v) is 7.38. The summed E-state index contributed by atoms with van der Waals surface area (Å²) >= 11 is 0. The first-order valence-corrected chi connectivity index (χ1v) is 10.9. The Balaban J connectivity index is 1.42. The van der Waals surface area contributed by atoms with E-state index < -0.39 is 10.0 Å². The minimum atomic E-state index is -3.55. The van der Waals surface area contributed by atoms with Gasteiger partial charge in [-0.1, -0.05) is 24.3 Å². The maximum atomic E-state index is 12.8. The molecule has 1 unspecified atom stereocenters. The number of ether oxygens (including phenoxy) is 1. The Labute approximate surface area is 169 Å². The molecule has 2 heterocycles. The molecule has 152 valence electrons. The van der Waals surface area contributed by atoms with E-state index in [1.807, 2.05) is 0 Å². The highest BCUT2D eigenvalue weighted by molar-refractivity contribution is 7.89. The van der Waals surface area contributed by atoms with Gasteiger partial charge in [0.1, 0.15) is 0 Å². The summed E-state index contributed by atoms with van der Waals surface area (Å²) in [6, 6.07) is 13.4. The molecule has 4 rings (SSSR count). The average molecular weight is 414 g/mol. The van der Waals surface area contributed by atoms with E-state index in [0.717, 1.165) is 5.56 Å². The zero-order valence-corrected chi connectivity index (χ0v) is 16.9. The Hall–Kier alpha value is -2.55. The number of benzene rings is 2. The van der Waals surface area contributed by atoms with Gasteiger partial charge in [-0.05, 0) is 42.7 Å². The molecule has 0 N–H and O–H groups in total. The van der Waals surface area contributed by atoms with E-state index in [-0.39, 0.29) is 29.4 Å². The Kier molecular flexibility index (Phi) is 5.24. The van der Waals surface area contributed by atoms with E-state index in [2.05, 4.69) is 0 Å². The fourth-order valence-electron chi connectivity index (χ4n) is 3.77. The average Bonchev–Trinajstić information content (AvgIpc) is 3.32. The van der Waals surface area contributed by atoms with Gasteiger partial charge in [-0.2, -0.15) is 4.31 Å². The molecule has 2 amide bonds. The van der Waals surface area contributed by atoms with E-state index >= 15 is 0 Å². The maximum Gasteiger partial charge on any atom is 0.261 e. The van der Waals surface area contributed by atoms with Crippen molar-refractivity contribution in [2.24, 2.45) is 0 Å². The van der Waals surface area contributed by atoms with Crippen LogP contribution in [0.5, 0.6) is 0 Å². The predicted octanol–water partition coefficient (Wildman–Crippen LogP) is 1.93. The Morgan fingerprint density at radius 2 is 1.62 bits per heavy atom. The van der Waals surface area contributed by atoms with Gasteiger partial charge in [0.05, 0.1) is 22.1 Å². The van der Waals surface area contributed by atoms with Crippen LogP contribution in [-0.4, -0.2) is 62.3 Å². The highest BCUT2D eigenvalue weighted by Gasteiger charge is 2.35. The third kappa shape index (κ3) is 3.59. The minimum absolute atomic E-state index is 0.0660. The normalized spacial score (nSPS) is 19.8. The Bertz CT molecular complexity index is 1010. The summed E-state index contributed by atoms with van der Waals surface area (Å²) in [5.41, 5.74) is 1.72. The van der Waals surface area contributed by atoms with E-state index in [1.54, 1.807) is 55.6 Å². The van der Waals surface area contributed by atoms with E-state index in [1.165, 1.54) is 9.21 Å². The molecule has 0 aliphatic carbocycles. The van der Waals surface area contributed by atoms with Crippen molar-refractivity contribution in [3.8, 4) is 0 Å². The van der Waals surface area contributed by atoms with Crippen LogP contribution >= 0.6 is 0 Å². The van der Waals surface area contributed by atoms with Gasteiger partial charge in [0.15, 0.2) is 0 Å². The number of rotatable bonds is 6. The van der Waals surface area contributed by atoms with Crippen molar-refractivity contribution < 1.29 is 22.7 Å². The first-order chi connectivity index (χ1) is 13.9. The molecule has 1 saturated heterocycles. The van der Waals surface area contributed by atoms with Gasteiger partial charge in [-0.3, -0.25) is 14.5 Å². The molecule has 2 aliphatic heterocycles. The van der Waals surface area contributed by atoms with Crippen LogP contribution in [0.15, 0.2) is 53.4 Å². The second-order valence-electron chi connectivity index (χ2n) is 7.21. The molecule has 0 aromatic heterocycles. The molecule has 0 bridgehead atoms. The molecule has 7 nitrogen and oxygen atoms in total. The second-order valence-corrected chi connectivity index (χ2v) is 9.15. The van der Waals surface area contributed by atoms with E-state index in [4.69, 9.17) is 4.74 Å². The van der Waals surface area contributed by atoms with Crippen LogP contribution in [0.1, 0.15) is 32.7 Å². The lowest BCUT2D eigenvalue weighted by Crippen LogP contribution is -2.31. The quantitative estimate of drug-likeness (QED) is 0.675. The van der Waals surface area contributed by atoms with E-state index in [0.29, 0.717) is 37.1 Å². The molecular weight excluding hydrogens is 392 g/mol. The number of sulfonamides is 1. The smallest absolute Gasteiger partial charge is 0.261 e. The van der Waals surface area contributed by atoms with Crippen LogP contribution in [-0.2, 0) is 21.2 Å².